The fourth-order valence-corrected chi connectivity index (χ4v) is 3.12. The highest BCUT2D eigenvalue weighted by Gasteiger charge is 2.14. The molecule has 0 aromatic carbocycles. The highest BCUT2D eigenvalue weighted by Crippen LogP contribution is 2.30. The second kappa shape index (κ2) is 4.22. The van der Waals surface area contributed by atoms with Crippen molar-refractivity contribution >= 4 is 11.3 Å². The Morgan fingerprint density at radius 2 is 2.23 bits per heavy atom. The van der Waals surface area contributed by atoms with E-state index in [1.807, 2.05) is 11.3 Å². The Morgan fingerprint density at radius 3 is 3.08 bits per heavy atom. The number of thiophene rings is 1. The summed E-state index contributed by atoms with van der Waals surface area (Å²) < 4.78 is 0. The molecule has 72 valence electrons. The van der Waals surface area contributed by atoms with Crippen LogP contribution in [0, 0.1) is 0 Å². The first-order chi connectivity index (χ1) is 6.42. The predicted molar refractivity (Wildman–Crippen MR) is 54.8 cm³/mol. The van der Waals surface area contributed by atoms with E-state index in [1.165, 1.54) is 31.2 Å². The van der Waals surface area contributed by atoms with Crippen LogP contribution in [0.1, 0.15) is 28.8 Å². The molecule has 1 heterocycles. The van der Waals surface area contributed by atoms with Crippen LogP contribution >= 0.6 is 11.3 Å². The van der Waals surface area contributed by atoms with Gasteiger partial charge >= 0.3 is 0 Å². The fraction of sp³-hybridized carbons (Fsp3) is 0.600. The lowest BCUT2D eigenvalue weighted by Gasteiger charge is -2.12. The van der Waals surface area contributed by atoms with E-state index in [-0.39, 0.29) is 0 Å². The first kappa shape index (κ1) is 9.19. The summed E-state index contributed by atoms with van der Waals surface area (Å²) in [6, 6.07) is 0. The summed E-state index contributed by atoms with van der Waals surface area (Å²) in [6.07, 6.45) is 6.23. The van der Waals surface area contributed by atoms with Crippen molar-refractivity contribution in [3.8, 4) is 0 Å². The minimum Gasteiger partial charge on any atom is -0.304 e. The second-order valence-corrected chi connectivity index (χ2v) is 4.45. The molecule has 2 nitrogen and oxygen atoms in total. The zero-order valence-corrected chi connectivity index (χ0v) is 8.53. The number of nitrogens with two attached hydrogens (primary N) is 1. The van der Waals surface area contributed by atoms with Crippen LogP contribution < -0.4 is 5.90 Å². The maximum Gasteiger partial charge on any atom is 0.0719 e. The van der Waals surface area contributed by atoms with Crippen molar-refractivity contribution in [3.05, 3.63) is 21.4 Å². The predicted octanol–water partition coefficient (Wildman–Crippen LogP) is 2.06. The Bertz CT molecular complexity index is 282. The summed E-state index contributed by atoms with van der Waals surface area (Å²) in [5.41, 5.74) is 3.05. The molecule has 0 atom stereocenters. The van der Waals surface area contributed by atoms with Crippen molar-refractivity contribution in [2.75, 3.05) is 6.61 Å². The number of fused-ring (bicyclic) bond motifs is 1. The molecule has 0 amide bonds. The number of rotatable bonds is 3. The topological polar surface area (TPSA) is 35.2 Å². The van der Waals surface area contributed by atoms with Gasteiger partial charge in [-0.2, -0.15) is 0 Å². The molecule has 1 aliphatic rings. The van der Waals surface area contributed by atoms with Gasteiger partial charge in [0.25, 0.3) is 0 Å². The van der Waals surface area contributed by atoms with Crippen molar-refractivity contribution in [2.24, 2.45) is 5.90 Å². The maximum absolute atomic E-state index is 5.02. The van der Waals surface area contributed by atoms with Gasteiger partial charge in [0.1, 0.15) is 0 Å². The quantitative estimate of drug-likeness (QED) is 0.753. The molecule has 1 aliphatic carbocycles. The number of hydrogen-bond donors (Lipinski definition) is 1. The van der Waals surface area contributed by atoms with Gasteiger partial charge in [0, 0.05) is 4.88 Å². The van der Waals surface area contributed by atoms with Crippen molar-refractivity contribution in [3.63, 3.8) is 0 Å². The van der Waals surface area contributed by atoms with Crippen LogP contribution in [0.5, 0.6) is 0 Å². The minimum absolute atomic E-state index is 0.642. The van der Waals surface area contributed by atoms with E-state index < -0.39 is 0 Å². The lowest BCUT2D eigenvalue weighted by molar-refractivity contribution is 0.141. The Morgan fingerprint density at radius 1 is 1.38 bits per heavy atom. The van der Waals surface area contributed by atoms with Crippen molar-refractivity contribution in [1.29, 1.82) is 0 Å². The molecule has 0 unspecified atom stereocenters. The van der Waals surface area contributed by atoms with Crippen LogP contribution in [0.3, 0.4) is 0 Å². The second-order valence-electron chi connectivity index (χ2n) is 3.49. The van der Waals surface area contributed by atoms with E-state index >= 15 is 0 Å². The Kier molecular flexibility index (Phi) is 2.98. The van der Waals surface area contributed by atoms with Gasteiger partial charge in [0.15, 0.2) is 0 Å². The largest absolute Gasteiger partial charge is 0.304 e. The van der Waals surface area contributed by atoms with Crippen LogP contribution in [0.25, 0.3) is 0 Å². The Balaban J connectivity index is 2.12. The van der Waals surface area contributed by atoms with E-state index in [2.05, 4.69) is 10.2 Å². The SMILES string of the molecule is NOCCc1csc2c1CCCC2. The molecule has 0 fully saturated rings. The fourth-order valence-electron chi connectivity index (χ4n) is 1.94. The first-order valence-electron chi connectivity index (χ1n) is 4.81. The molecule has 0 bridgehead atoms. The molecule has 2 N–H and O–H groups in total. The molecule has 1 aromatic heterocycles. The van der Waals surface area contributed by atoms with E-state index in [0.717, 1.165) is 6.42 Å². The highest BCUT2D eigenvalue weighted by molar-refractivity contribution is 7.10. The highest BCUT2D eigenvalue weighted by atomic mass is 32.1. The standard InChI is InChI=1S/C10H15NOS/c11-12-6-5-8-7-13-10-4-2-1-3-9(8)10/h7H,1-6,11H2. The zero-order valence-electron chi connectivity index (χ0n) is 7.71. The monoisotopic (exact) mass is 197 g/mol. The normalized spacial score (nSPS) is 15.8. The molecular weight excluding hydrogens is 182 g/mol. The zero-order chi connectivity index (χ0) is 9.10. The summed E-state index contributed by atoms with van der Waals surface area (Å²) in [6.45, 7) is 0.642. The van der Waals surface area contributed by atoms with Gasteiger partial charge in [-0.05, 0) is 48.6 Å². The minimum atomic E-state index is 0.642. The molecule has 0 spiro atoms. The van der Waals surface area contributed by atoms with Gasteiger partial charge < -0.3 is 4.84 Å². The maximum atomic E-state index is 5.02. The first-order valence-corrected chi connectivity index (χ1v) is 5.69. The summed E-state index contributed by atoms with van der Waals surface area (Å²) in [5.74, 6) is 5.02. The molecule has 0 saturated carbocycles. The summed E-state index contributed by atoms with van der Waals surface area (Å²) in [5, 5.41) is 2.27. The van der Waals surface area contributed by atoms with Crippen LogP contribution in [0.2, 0.25) is 0 Å². The van der Waals surface area contributed by atoms with Crippen LogP contribution in [0.4, 0.5) is 0 Å². The third kappa shape index (κ3) is 1.93. The van der Waals surface area contributed by atoms with Crippen LogP contribution in [-0.4, -0.2) is 6.61 Å². The summed E-state index contributed by atoms with van der Waals surface area (Å²) in [4.78, 5) is 6.21. The van der Waals surface area contributed by atoms with Gasteiger partial charge in [-0.15, -0.1) is 11.3 Å². The molecular formula is C10H15NOS. The van der Waals surface area contributed by atoms with E-state index in [4.69, 9.17) is 5.90 Å². The number of hydrogen-bond acceptors (Lipinski definition) is 3. The molecule has 3 heteroatoms. The molecule has 1 aromatic rings. The molecule has 0 radical (unpaired) electrons. The third-order valence-corrected chi connectivity index (χ3v) is 3.77. The van der Waals surface area contributed by atoms with Crippen molar-refractivity contribution in [2.45, 2.75) is 32.1 Å². The van der Waals surface area contributed by atoms with Gasteiger partial charge in [-0.25, -0.2) is 5.90 Å². The van der Waals surface area contributed by atoms with Gasteiger partial charge in [0.2, 0.25) is 0 Å². The smallest absolute Gasteiger partial charge is 0.0719 e. The summed E-state index contributed by atoms with van der Waals surface area (Å²) >= 11 is 1.91. The van der Waals surface area contributed by atoms with Crippen molar-refractivity contribution in [1.82, 2.24) is 0 Å². The van der Waals surface area contributed by atoms with Gasteiger partial charge in [0.05, 0.1) is 6.61 Å². The van der Waals surface area contributed by atoms with Gasteiger partial charge in [-0.1, -0.05) is 0 Å². The molecule has 2 rings (SSSR count). The van der Waals surface area contributed by atoms with E-state index in [9.17, 15) is 0 Å². The third-order valence-electron chi connectivity index (χ3n) is 2.64. The average Bonchev–Trinajstić information content (AvgIpc) is 2.58. The lowest BCUT2D eigenvalue weighted by Crippen LogP contribution is -2.06. The Labute approximate surface area is 82.7 Å². The number of aryl methyl sites for hydroxylation is 1. The molecule has 0 saturated heterocycles. The summed E-state index contributed by atoms with van der Waals surface area (Å²) in [7, 11) is 0. The molecule has 13 heavy (non-hydrogen) atoms. The van der Waals surface area contributed by atoms with E-state index in [0.29, 0.717) is 6.61 Å². The van der Waals surface area contributed by atoms with E-state index in [1.54, 1.807) is 10.4 Å². The van der Waals surface area contributed by atoms with Crippen LogP contribution in [0.15, 0.2) is 5.38 Å². The Hall–Kier alpha value is -0.380. The average molecular weight is 197 g/mol. The lowest BCUT2D eigenvalue weighted by atomic mass is 9.95. The molecule has 0 aliphatic heterocycles. The van der Waals surface area contributed by atoms with Crippen molar-refractivity contribution < 1.29 is 4.84 Å². The van der Waals surface area contributed by atoms with Gasteiger partial charge in [-0.3, -0.25) is 0 Å². The van der Waals surface area contributed by atoms with Crippen LogP contribution in [-0.2, 0) is 24.1 Å².